The van der Waals surface area contributed by atoms with Gasteiger partial charge in [-0.25, -0.2) is 4.79 Å². The standard InChI is InChI=1S/C18H19ClN2O3/c1-12(2)21-17-11-15(7-8-16(17)20-18(21)22)24-10-9-23-14-5-3-13(19)4-6-14/h3-8,11-12H,9-10H2,1-2H3,(H,20,22). The molecule has 126 valence electrons. The van der Waals surface area contributed by atoms with Gasteiger partial charge >= 0.3 is 5.69 Å². The van der Waals surface area contributed by atoms with Gasteiger partial charge in [-0.3, -0.25) is 4.57 Å². The summed E-state index contributed by atoms with van der Waals surface area (Å²) >= 11 is 5.83. The summed E-state index contributed by atoms with van der Waals surface area (Å²) in [7, 11) is 0. The number of H-pyrrole nitrogens is 1. The minimum absolute atomic E-state index is 0.0785. The Bertz CT molecular complexity index is 881. The van der Waals surface area contributed by atoms with Crippen LogP contribution in [0.3, 0.4) is 0 Å². The first-order valence-corrected chi connectivity index (χ1v) is 8.18. The predicted molar refractivity (Wildman–Crippen MR) is 95.4 cm³/mol. The molecule has 0 aliphatic carbocycles. The van der Waals surface area contributed by atoms with Crippen LogP contribution in [0, 0.1) is 0 Å². The van der Waals surface area contributed by atoms with E-state index >= 15 is 0 Å². The summed E-state index contributed by atoms with van der Waals surface area (Å²) < 4.78 is 13.0. The lowest BCUT2D eigenvalue weighted by molar-refractivity contribution is 0.217. The van der Waals surface area contributed by atoms with Gasteiger partial charge in [0.1, 0.15) is 24.7 Å². The van der Waals surface area contributed by atoms with Gasteiger partial charge in [0.25, 0.3) is 0 Å². The van der Waals surface area contributed by atoms with Crippen LogP contribution in [0.15, 0.2) is 47.3 Å². The number of halogens is 1. The van der Waals surface area contributed by atoms with Crippen LogP contribution < -0.4 is 15.2 Å². The highest BCUT2D eigenvalue weighted by molar-refractivity contribution is 6.30. The van der Waals surface area contributed by atoms with Crippen molar-refractivity contribution in [1.29, 1.82) is 0 Å². The molecule has 1 aromatic heterocycles. The smallest absolute Gasteiger partial charge is 0.326 e. The van der Waals surface area contributed by atoms with Crippen LogP contribution in [-0.4, -0.2) is 22.8 Å². The maximum absolute atomic E-state index is 12.0. The second-order valence-corrected chi connectivity index (χ2v) is 6.16. The van der Waals surface area contributed by atoms with E-state index in [4.69, 9.17) is 21.1 Å². The number of nitrogens with one attached hydrogen (secondary N) is 1. The average Bonchev–Trinajstić information content (AvgIpc) is 2.88. The number of aromatic amines is 1. The lowest BCUT2D eigenvalue weighted by Gasteiger charge is -2.10. The molecule has 3 rings (SSSR count). The number of benzene rings is 2. The molecule has 24 heavy (non-hydrogen) atoms. The highest BCUT2D eigenvalue weighted by Gasteiger charge is 2.10. The van der Waals surface area contributed by atoms with Gasteiger partial charge in [0.15, 0.2) is 0 Å². The third kappa shape index (κ3) is 3.57. The minimum Gasteiger partial charge on any atom is -0.490 e. The van der Waals surface area contributed by atoms with E-state index in [-0.39, 0.29) is 11.7 Å². The average molecular weight is 347 g/mol. The van der Waals surface area contributed by atoms with Crippen molar-refractivity contribution in [2.75, 3.05) is 13.2 Å². The van der Waals surface area contributed by atoms with Crippen molar-refractivity contribution in [3.8, 4) is 11.5 Å². The highest BCUT2D eigenvalue weighted by atomic mass is 35.5. The van der Waals surface area contributed by atoms with Gasteiger partial charge in [-0.05, 0) is 50.2 Å². The molecule has 2 aromatic carbocycles. The fraction of sp³-hybridized carbons (Fsp3) is 0.278. The van der Waals surface area contributed by atoms with E-state index in [0.717, 1.165) is 16.8 Å². The zero-order valence-corrected chi connectivity index (χ0v) is 14.3. The molecule has 3 aromatic rings. The second kappa shape index (κ2) is 7.01. The van der Waals surface area contributed by atoms with Gasteiger partial charge in [-0.15, -0.1) is 0 Å². The summed E-state index contributed by atoms with van der Waals surface area (Å²) in [4.78, 5) is 14.8. The number of rotatable bonds is 6. The van der Waals surface area contributed by atoms with Crippen molar-refractivity contribution in [1.82, 2.24) is 9.55 Å². The predicted octanol–water partition coefficient (Wildman–Crippen LogP) is 4.02. The van der Waals surface area contributed by atoms with Gasteiger partial charge in [0, 0.05) is 17.1 Å². The highest BCUT2D eigenvalue weighted by Crippen LogP contribution is 2.21. The van der Waals surface area contributed by atoms with Gasteiger partial charge in [0.05, 0.1) is 11.0 Å². The third-order valence-corrected chi connectivity index (χ3v) is 3.89. The molecule has 6 heteroatoms. The van der Waals surface area contributed by atoms with Crippen molar-refractivity contribution in [3.63, 3.8) is 0 Å². The molecular formula is C18H19ClN2O3. The molecule has 0 radical (unpaired) electrons. The van der Waals surface area contributed by atoms with Crippen LogP contribution in [0.2, 0.25) is 5.02 Å². The zero-order chi connectivity index (χ0) is 17.1. The molecule has 0 bridgehead atoms. The summed E-state index contributed by atoms with van der Waals surface area (Å²) in [6.07, 6.45) is 0. The molecule has 0 amide bonds. The van der Waals surface area contributed by atoms with Crippen LogP contribution in [0.4, 0.5) is 0 Å². The van der Waals surface area contributed by atoms with E-state index in [1.807, 2.05) is 44.2 Å². The molecule has 1 heterocycles. The number of hydrogen-bond donors (Lipinski definition) is 1. The molecule has 0 saturated heterocycles. The summed E-state index contributed by atoms with van der Waals surface area (Å²) in [5, 5.41) is 0.676. The SMILES string of the molecule is CC(C)n1c(=O)[nH]c2ccc(OCCOc3ccc(Cl)cc3)cc21. The fourth-order valence-corrected chi connectivity index (χ4v) is 2.68. The third-order valence-electron chi connectivity index (χ3n) is 3.64. The Kier molecular flexibility index (Phi) is 4.81. The maximum atomic E-state index is 12.0. The minimum atomic E-state index is -0.108. The summed E-state index contributed by atoms with van der Waals surface area (Å²) in [6, 6.07) is 12.8. The van der Waals surface area contributed by atoms with E-state index in [1.165, 1.54) is 0 Å². The monoisotopic (exact) mass is 346 g/mol. The molecule has 0 aliphatic heterocycles. The van der Waals surface area contributed by atoms with E-state index in [0.29, 0.717) is 24.0 Å². The van der Waals surface area contributed by atoms with E-state index in [9.17, 15) is 4.79 Å². The number of hydrogen-bond acceptors (Lipinski definition) is 3. The van der Waals surface area contributed by atoms with Crippen molar-refractivity contribution >= 4 is 22.6 Å². The molecule has 1 N–H and O–H groups in total. The van der Waals surface area contributed by atoms with Crippen LogP contribution >= 0.6 is 11.6 Å². The summed E-state index contributed by atoms with van der Waals surface area (Å²) in [6.45, 7) is 4.78. The second-order valence-electron chi connectivity index (χ2n) is 5.72. The maximum Gasteiger partial charge on any atom is 0.326 e. The van der Waals surface area contributed by atoms with Gasteiger partial charge in [-0.1, -0.05) is 11.6 Å². The van der Waals surface area contributed by atoms with Crippen LogP contribution in [0.5, 0.6) is 11.5 Å². The molecule has 0 atom stereocenters. The largest absolute Gasteiger partial charge is 0.490 e. The van der Waals surface area contributed by atoms with Gasteiger partial charge in [-0.2, -0.15) is 0 Å². The zero-order valence-electron chi connectivity index (χ0n) is 13.6. The first kappa shape index (κ1) is 16.5. The Morgan fingerprint density at radius 1 is 1.04 bits per heavy atom. The van der Waals surface area contributed by atoms with Crippen LogP contribution in [-0.2, 0) is 0 Å². The Labute approximate surface area is 144 Å². The molecule has 0 saturated carbocycles. The number of nitrogens with zero attached hydrogens (tertiary/aromatic N) is 1. The van der Waals surface area contributed by atoms with Gasteiger partial charge < -0.3 is 14.5 Å². The summed E-state index contributed by atoms with van der Waals surface area (Å²) in [5.41, 5.74) is 1.54. The quantitative estimate of drug-likeness (QED) is 0.686. The van der Waals surface area contributed by atoms with E-state index in [1.54, 1.807) is 16.7 Å². The Morgan fingerprint density at radius 3 is 2.33 bits per heavy atom. The normalized spacial score (nSPS) is 11.2. The van der Waals surface area contributed by atoms with Crippen molar-refractivity contribution in [2.45, 2.75) is 19.9 Å². The summed E-state index contributed by atoms with van der Waals surface area (Å²) in [5.74, 6) is 1.45. The van der Waals surface area contributed by atoms with E-state index < -0.39 is 0 Å². The number of aromatic nitrogens is 2. The van der Waals surface area contributed by atoms with Crippen LogP contribution in [0.25, 0.3) is 11.0 Å². The number of imidazole rings is 1. The molecular weight excluding hydrogens is 328 g/mol. The molecule has 0 spiro atoms. The van der Waals surface area contributed by atoms with Gasteiger partial charge in [0.2, 0.25) is 0 Å². The van der Waals surface area contributed by atoms with Crippen molar-refractivity contribution in [2.24, 2.45) is 0 Å². The molecule has 0 aliphatic rings. The first-order valence-electron chi connectivity index (χ1n) is 7.80. The lowest BCUT2D eigenvalue weighted by atomic mass is 10.2. The fourth-order valence-electron chi connectivity index (χ4n) is 2.55. The lowest BCUT2D eigenvalue weighted by Crippen LogP contribution is -2.18. The number of ether oxygens (including phenoxy) is 2. The Balaban J connectivity index is 1.64. The van der Waals surface area contributed by atoms with Crippen molar-refractivity contribution < 1.29 is 9.47 Å². The topological polar surface area (TPSA) is 56.2 Å². The molecule has 5 nitrogen and oxygen atoms in total. The van der Waals surface area contributed by atoms with E-state index in [2.05, 4.69) is 4.98 Å². The molecule has 0 fully saturated rings. The number of fused-ring (bicyclic) bond motifs is 1. The Hall–Kier alpha value is -2.40. The molecule has 0 unspecified atom stereocenters. The van der Waals surface area contributed by atoms with Crippen molar-refractivity contribution in [3.05, 3.63) is 58.0 Å². The van der Waals surface area contributed by atoms with Crippen LogP contribution in [0.1, 0.15) is 19.9 Å². The Morgan fingerprint density at radius 2 is 1.67 bits per heavy atom. The first-order chi connectivity index (χ1) is 11.5.